The summed E-state index contributed by atoms with van der Waals surface area (Å²) in [6.45, 7) is 5.28. The summed E-state index contributed by atoms with van der Waals surface area (Å²) < 4.78 is -0.0404. The molecule has 1 saturated heterocycles. The number of nitro groups is 1. The molecule has 1 amide bonds. The van der Waals surface area contributed by atoms with Gasteiger partial charge in [0.25, 0.3) is 5.91 Å². The van der Waals surface area contributed by atoms with E-state index in [0.29, 0.717) is 13.1 Å². The number of rotatable bonds is 2. The number of nitrogens with zero attached hydrogens (tertiary/aromatic N) is 2. The lowest BCUT2D eigenvalue weighted by Gasteiger charge is -2.37. The molecular weight excluding hydrogens is 300 g/mol. The van der Waals surface area contributed by atoms with Crippen molar-refractivity contribution < 1.29 is 9.72 Å². The van der Waals surface area contributed by atoms with Gasteiger partial charge < -0.3 is 4.90 Å². The molecule has 20 heavy (non-hydrogen) atoms. The third kappa shape index (κ3) is 3.07. The van der Waals surface area contributed by atoms with E-state index < -0.39 is 4.92 Å². The first-order chi connectivity index (χ1) is 9.32. The van der Waals surface area contributed by atoms with Gasteiger partial charge in [0.2, 0.25) is 0 Å². The van der Waals surface area contributed by atoms with Crippen LogP contribution < -0.4 is 0 Å². The number of hydrogen-bond donors (Lipinski definition) is 0. The van der Waals surface area contributed by atoms with Gasteiger partial charge in [0.1, 0.15) is 10.6 Å². The molecule has 1 heterocycles. The Balaban J connectivity index is 2.34. The lowest BCUT2D eigenvalue weighted by Crippen LogP contribution is -2.46. The third-order valence-electron chi connectivity index (χ3n) is 3.11. The maximum atomic E-state index is 12.5. The predicted molar refractivity (Wildman–Crippen MR) is 80.5 cm³/mol. The van der Waals surface area contributed by atoms with E-state index in [4.69, 9.17) is 11.6 Å². The molecule has 0 bridgehead atoms. The molecule has 0 radical (unpaired) electrons. The highest BCUT2D eigenvalue weighted by Crippen LogP contribution is 2.33. The number of hydrogen-bond acceptors (Lipinski definition) is 4. The lowest BCUT2D eigenvalue weighted by atomic mass is 10.1. The quantitative estimate of drug-likeness (QED) is 0.621. The molecule has 1 fully saturated rings. The van der Waals surface area contributed by atoms with E-state index in [2.05, 4.69) is 13.8 Å². The summed E-state index contributed by atoms with van der Waals surface area (Å²) in [7, 11) is 0. The third-order valence-corrected chi connectivity index (χ3v) is 4.71. The predicted octanol–water partition coefficient (Wildman–Crippen LogP) is 3.22. The van der Waals surface area contributed by atoms with E-state index in [1.54, 1.807) is 22.7 Å². The molecule has 2 rings (SSSR count). The maximum Gasteiger partial charge on any atom is 0.300 e. The molecule has 0 spiro atoms. The highest BCUT2D eigenvalue weighted by molar-refractivity contribution is 8.00. The van der Waals surface area contributed by atoms with E-state index >= 15 is 0 Å². The van der Waals surface area contributed by atoms with Crippen LogP contribution in [0.25, 0.3) is 0 Å². The zero-order chi connectivity index (χ0) is 14.9. The summed E-state index contributed by atoms with van der Waals surface area (Å²) >= 11 is 7.64. The number of para-hydroxylation sites is 1. The summed E-state index contributed by atoms with van der Waals surface area (Å²) in [4.78, 5) is 24.7. The van der Waals surface area contributed by atoms with E-state index in [1.165, 1.54) is 12.1 Å². The number of amides is 1. The van der Waals surface area contributed by atoms with Gasteiger partial charge in [-0.2, -0.15) is 11.8 Å². The van der Waals surface area contributed by atoms with Crippen molar-refractivity contribution in [3.63, 3.8) is 0 Å². The van der Waals surface area contributed by atoms with Gasteiger partial charge in [0.05, 0.1) is 4.92 Å². The Morgan fingerprint density at radius 2 is 2.20 bits per heavy atom. The van der Waals surface area contributed by atoms with Gasteiger partial charge in [0.15, 0.2) is 0 Å². The van der Waals surface area contributed by atoms with Gasteiger partial charge in [0, 0.05) is 23.6 Å². The first-order valence-electron chi connectivity index (χ1n) is 6.18. The summed E-state index contributed by atoms with van der Waals surface area (Å²) in [5, 5.41) is 11.1. The zero-order valence-corrected chi connectivity index (χ0v) is 12.8. The molecule has 0 N–H and O–H groups in total. The summed E-state index contributed by atoms with van der Waals surface area (Å²) in [6.07, 6.45) is 0. The molecule has 1 aromatic carbocycles. The van der Waals surface area contributed by atoms with Crippen LogP contribution in [0.2, 0.25) is 5.02 Å². The van der Waals surface area contributed by atoms with Gasteiger partial charge in [-0.1, -0.05) is 17.7 Å². The van der Waals surface area contributed by atoms with Crippen LogP contribution in [0.3, 0.4) is 0 Å². The fourth-order valence-electron chi connectivity index (χ4n) is 2.23. The molecule has 0 aromatic heterocycles. The highest BCUT2D eigenvalue weighted by atomic mass is 35.5. The lowest BCUT2D eigenvalue weighted by molar-refractivity contribution is -0.385. The monoisotopic (exact) mass is 314 g/mol. The van der Waals surface area contributed by atoms with Crippen LogP contribution in [0.15, 0.2) is 18.2 Å². The van der Waals surface area contributed by atoms with Crippen molar-refractivity contribution in [1.82, 2.24) is 4.90 Å². The number of halogens is 1. The molecule has 0 saturated carbocycles. The van der Waals surface area contributed by atoms with Crippen molar-refractivity contribution in [2.75, 3.05) is 18.8 Å². The van der Waals surface area contributed by atoms with Gasteiger partial charge in [-0.15, -0.1) is 0 Å². The fourth-order valence-corrected chi connectivity index (χ4v) is 3.59. The molecular formula is C13H15ClN2O3S. The Labute approximate surface area is 126 Å². The SMILES string of the molecule is CC1(C)CN(C(=O)c2cccc(Cl)c2[N+](=O)[O-])CCS1. The van der Waals surface area contributed by atoms with Crippen molar-refractivity contribution in [3.8, 4) is 0 Å². The molecule has 0 atom stereocenters. The Bertz CT molecular complexity index is 563. The minimum atomic E-state index is -0.598. The van der Waals surface area contributed by atoms with Crippen LogP contribution in [-0.2, 0) is 0 Å². The topological polar surface area (TPSA) is 63.5 Å². The number of thioether (sulfide) groups is 1. The Hall–Kier alpha value is -1.27. The molecule has 108 valence electrons. The van der Waals surface area contributed by atoms with Crippen molar-refractivity contribution >= 4 is 35.0 Å². The minimum Gasteiger partial charge on any atom is -0.336 e. The van der Waals surface area contributed by atoms with Gasteiger partial charge >= 0.3 is 5.69 Å². The Morgan fingerprint density at radius 1 is 1.50 bits per heavy atom. The summed E-state index contributed by atoms with van der Waals surface area (Å²) in [5.74, 6) is 0.500. The van der Waals surface area contributed by atoms with Gasteiger partial charge in [-0.05, 0) is 26.0 Å². The van der Waals surface area contributed by atoms with E-state index in [1.807, 2.05) is 0 Å². The molecule has 0 unspecified atom stereocenters. The number of benzene rings is 1. The molecule has 1 aliphatic heterocycles. The Kier molecular flexibility index (Phi) is 4.25. The van der Waals surface area contributed by atoms with Crippen LogP contribution in [0.1, 0.15) is 24.2 Å². The van der Waals surface area contributed by atoms with Crippen molar-refractivity contribution in [1.29, 1.82) is 0 Å². The molecule has 1 aromatic rings. The molecule has 1 aliphatic rings. The van der Waals surface area contributed by atoms with Crippen LogP contribution in [-0.4, -0.2) is 39.3 Å². The van der Waals surface area contributed by atoms with Crippen molar-refractivity contribution in [3.05, 3.63) is 38.9 Å². The van der Waals surface area contributed by atoms with Crippen LogP contribution in [0.5, 0.6) is 0 Å². The minimum absolute atomic E-state index is 0.00788. The number of carbonyl (C=O) groups is 1. The second-order valence-electron chi connectivity index (χ2n) is 5.23. The fraction of sp³-hybridized carbons (Fsp3) is 0.462. The number of nitro benzene ring substituents is 1. The van der Waals surface area contributed by atoms with E-state index in [-0.39, 0.29) is 26.9 Å². The second kappa shape index (κ2) is 5.61. The smallest absolute Gasteiger partial charge is 0.300 e. The molecule has 0 aliphatic carbocycles. The maximum absolute atomic E-state index is 12.5. The van der Waals surface area contributed by atoms with E-state index in [0.717, 1.165) is 5.75 Å². The summed E-state index contributed by atoms with van der Waals surface area (Å²) in [5.41, 5.74) is -0.250. The van der Waals surface area contributed by atoms with Gasteiger partial charge in [-0.25, -0.2) is 0 Å². The zero-order valence-electron chi connectivity index (χ0n) is 11.3. The first kappa shape index (κ1) is 15.1. The standard InChI is InChI=1S/C13H15ClN2O3S/c1-13(2)8-15(6-7-20-13)12(17)9-4-3-5-10(14)11(9)16(18)19/h3-5H,6-8H2,1-2H3. The second-order valence-corrected chi connectivity index (χ2v) is 7.44. The van der Waals surface area contributed by atoms with E-state index in [9.17, 15) is 14.9 Å². The average molecular weight is 315 g/mol. The first-order valence-corrected chi connectivity index (χ1v) is 7.54. The Morgan fingerprint density at radius 3 is 2.80 bits per heavy atom. The number of carbonyl (C=O) groups excluding carboxylic acids is 1. The normalized spacial score (nSPS) is 17.9. The average Bonchev–Trinajstić information content (AvgIpc) is 2.35. The summed E-state index contributed by atoms with van der Waals surface area (Å²) in [6, 6.07) is 4.44. The van der Waals surface area contributed by atoms with Crippen LogP contribution in [0.4, 0.5) is 5.69 Å². The van der Waals surface area contributed by atoms with Gasteiger partial charge in [-0.3, -0.25) is 14.9 Å². The van der Waals surface area contributed by atoms with Crippen molar-refractivity contribution in [2.45, 2.75) is 18.6 Å². The van der Waals surface area contributed by atoms with Crippen LogP contribution in [0, 0.1) is 10.1 Å². The van der Waals surface area contributed by atoms with Crippen molar-refractivity contribution in [2.24, 2.45) is 0 Å². The van der Waals surface area contributed by atoms with Crippen LogP contribution >= 0.6 is 23.4 Å². The highest BCUT2D eigenvalue weighted by Gasteiger charge is 2.33. The molecule has 7 heteroatoms. The molecule has 5 nitrogen and oxygen atoms in total. The largest absolute Gasteiger partial charge is 0.336 e.